The maximum absolute atomic E-state index is 11.5. The van der Waals surface area contributed by atoms with E-state index in [0.717, 1.165) is 0 Å². The van der Waals surface area contributed by atoms with Crippen LogP contribution in [0, 0.1) is 0 Å². The fraction of sp³-hybridized carbons (Fsp3) is 0.438. The second-order valence-corrected chi connectivity index (χ2v) is 4.55. The molecule has 0 aliphatic carbocycles. The van der Waals surface area contributed by atoms with Crippen LogP contribution in [0.5, 0.6) is 11.5 Å². The molecule has 132 valence electrons. The van der Waals surface area contributed by atoms with Crippen LogP contribution in [0.1, 0.15) is 20.3 Å². The first-order valence-electron chi connectivity index (χ1n) is 7.64. The van der Waals surface area contributed by atoms with Gasteiger partial charge in [-0.15, -0.1) is 0 Å². The van der Waals surface area contributed by atoms with Gasteiger partial charge in [-0.1, -0.05) is 12.1 Å². The third kappa shape index (κ3) is 7.48. The summed E-state index contributed by atoms with van der Waals surface area (Å²) in [6.07, 6.45) is -0.0328. The number of benzene rings is 1. The van der Waals surface area contributed by atoms with Gasteiger partial charge in [0.25, 0.3) is 5.91 Å². The Morgan fingerprint density at radius 1 is 1.04 bits per heavy atom. The second kappa shape index (κ2) is 10.9. The van der Waals surface area contributed by atoms with Gasteiger partial charge in [0.1, 0.15) is 0 Å². The average molecular weight is 338 g/mol. The number of nitrogens with one attached hydrogen (secondary N) is 2. The van der Waals surface area contributed by atoms with Gasteiger partial charge in [-0.2, -0.15) is 0 Å². The topological polar surface area (TPSA) is 103 Å². The van der Waals surface area contributed by atoms with Crippen molar-refractivity contribution >= 4 is 17.9 Å². The quantitative estimate of drug-likeness (QED) is 0.657. The number of hydrogen-bond donors (Lipinski definition) is 2. The molecule has 0 fully saturated rings. The number of imide groups is 1. The van der Waals surface area contributed by atoms with Crippen molar-refractivity contribution in [3.8, 4) is 11.5 Å². The first kappa shape index (κ1) is 19.3. The molecule has 0 heterocycles. The maximum atomic E-state index is 11.5. The van der Waals surface area contributed by atoms with E-state index in [4.69, 9.17) is 14.2 Å². The molecule has 0 radical (unpaired) electrons. The van der Waals surface area contributed by atoms with Gasteiger partial charge in [-0.25, -0.2) is 4.79 Å². The highest BCUT2D eigenvalue weighted by Crippen LogP contribution is 2.26. The van der Waals surface area contributed by atoms with Gasteiger partial charge in [0, 0.05) is 6.54 Å². The molecular weight excluding hydrogens is 316 g/mol. The van der Waals surface area contributed by atoms with Crippen molar-refractivity contribution in [2.75, 3.05) is 26.4 Å². The Balaban J connectivity index is 2.27. The molecular formula is C16H22N2O6. The molecule has 0 aromatic heterocycles. The zero-order chi connectivity index (χ0) is 17.8. The standard InChI is InChI=1S/C16H22N2O6/c1-3-17-16(21)18-14(19)11-24-15(20)9-10-23-13-8-6-5-7-12(13)22-4-2/h5-8H,3-4,9-11H2,1-2H3,(H2,17,18,19,21). The molecule has 0 atom stereocenters. The van der Waals surface area contributed by atoms with Gasteiger partial charge in [0.05, 0.1) is 19.6 Å². The third-order valence-corrected chi connectivity index (χ3v) is 2.67. The molecule has 0 unspecified atom stereocenters. The summed E-state index contributed by atoms with van der Waals surface area (Å²) >= 11 is 0. The smallest absolute Gasteiger partial charge is 0.321 e. The zero-order valence-corrected chi connectivity index (χ0v) is 13.8. The molecule has 3 amide bonds. The fourth-order valence-electron chi connectivity index (χ4n) is 1.67. The van der Waals surface area contributed by atoms with E-state index in [2.05, 4.69) is 5.32 Å². The average Bonchev–Trinajstić information content (AvgIpc) is 2.55. The minimum atomic E-state index is -0.697. The fourth-order valence-corrected chi connectivity index (χ4v) is 1.67. The largest absolute Gasteiger partial charge is 0.490 e. The van der Waals surface area contributed by atoms with E-state index >= 15 is 0 Å². The highest BCUT2D eigenvalue weighted by Gasteiger charge is 2.11. The molecule has 8 nitrogen and oxygen atoms in total. The van der Waals surface area contributed by atoms with Crippen LogP contribution in [-0.2, 0) is 14.3 Å². The van der Waals surface area contributed by atoms with Crippen molar-refractivity contribution in [3.63, 3.8) is 0 Å². The number of amides is 3. The summed E-state index contributed by atoms with van der Waals surface area (Å²) in [6, 6.07) is 6.48. The summed E-state index contributed by atoms with van der Waals surface area (Å²) in [7, 11) is 0. The number of hydrogen-bond acceptors (Lipinski definition) is 6. The summed E-state index contributed by atoms with van der Waals surface area (Å²) in [5.74, 6) is -0.178. The number of rotatable bonds is 9. The van der Waals surface area contributed by atoms with Crippen molar-refractivity contribution in [1.29, 1.82) is 0 Å². The molecule has 0 saturated heterocycles. The lowest BCUT2D eigenvalue weighted by Gasteiger charge is -2.11. The van der Waals surface area contributed by atoms with Crippen LogP contribution in [0.2, 0.25) is 0 Å². The Hall–Kier alpha value is -2.77. The molecule has 0 saturated carbocycles. The second-order valence-electron chi connectivity index (χ2n) is 4.55. The van der Waals surface area contributed by atoms with Crippen LogP contribution in [0.25, 0.3) is 0 Å². The molecule has 0 spiro atoms. The lowest BCUT2D eigenvalue weighted by molar-refractivity contribution is -0.148. The third-order valence-electron chi connectivity index (χ3n) is 2.67. The molecule has 1 aromatic carbocycles. The van der Waals surface area contributed by atoms with Gasteiger partial charge >= 0.3 is 12.0 Å². The molecule has 0 aliphatic rings. The predicted octanol–water partition coefficient (Wildman–Crippen LogP) is 1.24. The van der Waals surface area contributed by atoms with Crippen LogP contribution < -0.4 is 20.1 Å². The molecule has 8 heteroatoms. The van der Waals surface area contributed by atoms with Gasteiger partial charge < -0.3 is 19.5 Å². The van der Waals surface area contributed by atoms with E-state index < -0.39 is 24.5 Å². The van der Waals surface area contributed by atoms with Crippen molar-refractivity contribution < 1.29 is 28.6 Å². The number of ether oxygens (including phenoxy) is 3. The first-order valence-corrected chi connectivity index (χ1v) is 7.64. The van der Waals surface area contributed by atoms with E-state index in [1.807, 2.05) is 18.3 Å². The van der Waals surface area contributed by atoms with E-state index in [1.54, 1.807) is 25.1 Å². The lowest BCUT2D eigenvalue weighted by Crippen LogP contribution is -2.41. The minimum Gasteiger partial charge on any atom is -0.490 e. The summed E-state index contributed by atoms with van der Waals surface area (Å²) < 4.78 is 15.6. The number of esters is 1. The number of para-hydroxylation sites is 2. The molecule has 0 bridgehead atoms. The van der Waals surface area contributed by atoms with Crippen LogP contribution in [-0.4, -0.2) is 44.3 Å². The van der Waals surface area contributed by atoms with E-state index in [-0.39, 0.29) is 13.0 Å². The van der Waals surface area contributed by atoms with Crippen molar-refractivity contribution in [2.24, 2.45) is 0 Å². The maximum Gasteiger partial charge on any atom is 0.321 e. The monoisotopic (exact) mass is 338 g/mol. The van der Waals surface area contributed by atoms with E-state index in [9.17, 15) is 14.4 Å². The summed E-state index contributed by atoms with van der Waals surface area (Å²) in [6.45, 7) is 4.03. The lowest BCUT2D eigenvalue weighted by atomic mass is 10.3. The number of urea groups is 1. The molecule has 24 heavy (non-hydrogen) atoms. The van der Waals surface area contributed by atoms with E-state index in [1.165, 1.54) is 0 Å². The molecule has 1 rings (SSSR count). The van der Waals surface area contributed by atoms with E-state index in [0.29, 0.717) is 24.7 Å². The van der Waals surface area contributed by atoms with Crippen molar-refractivity contribution in [2.45, 2.75) is 20.3 Å². The Kier molecular flexibility index (Phi) is 8.73. The number of carbonyl (C=O) groups is 3. The summed E-state index contributed by atoms with van der Waals surface area (Å²) in [4.78, 5) is 34.0. The van der Waals surface area contributed by atoms with Crippen LogP contribution in [0.4, 0.5) is 4.79 Å². The SMILES string of the molecule is CCNC(=O)NC(=O)COC(=O)CCOc1ccccc1OCC. The van der Waals surface area contributed by atoms with Crippen molar-refractivity contribution in [3.05, 3.63) is 24.3 Å². The Bertz CT molecular complexity index is 561. The molecule has 2 N–H and O–H groups in total. The minimum absolute atomic E-state index is 0.0328. The highest BCUT2D eigenvalue weighted by atomic mass is 16.5. The summed E-state index contributed by atoms with van der Waals surface area (Å²) in [5, 5.41) is 4.41. The van der Waals surface area contributed by atoms with Gasteiger partial charge in [-0.3, -0.25) is 14.9 Å². The van der Waals surface area contributed by atoms with Crippen molar-refractivity contribution in [1.82, 2.24) is 10.6 Å². The van der Waals surface area contributed by atoms with Gasteiger partial charge in [-0.05, 0) is 26.0 Å². The predicted molar refractivity (Wildman–Crippen MR) is 85.9 cm³/mol. The molecule has 0 aliphatic heterocycles. The van der Waals surface area contributed by atoms with Crippen LogP contribution >= 0.6 is 0 Å². The molecule has 1 aromatic rings. The van der Waals surface area contributed by atoms with Gasteiger partial charge in [0.2, 0.25) is 0 Å². The van der Waals surface area contributed by atoms with Gasteiger partial charge in [0.15, 0.2) is 18.1 Å². The Labute approximate surface area is 140 Å². The Morgan fingerprint density at radius 2 is 1.71 bits per heavy atom. The highest BCUT2D eigenvalue weighted by molar-refractivity contribution is 5.95. The normalized spacial score (nSPS) is 9.75. The zero-order valence-electron chi connectivity index (χ0n) is 13.8. The Morgan fingerprint density at radius 3 is 2.33 bits per heavy atom. The first-order chi connectivity index (χ1) is 11.6. The van der Waals surface area contributed by atoms with Crippen LogP contribution in [0.3, 0.4) is 0 Å². The summed E-state index contributed by atoms with van der Waals surface area (Å²) in [5.41, 5.74) is 0. The number of carbonyl (C=O) groups excluding carboxylic acids is 3. The van der Waals surface area contributed by atoms with Crippen LogP contribution in [0.15, 0.2) is 24.3 Å².